The SMILES string of the molecule is Cc1nn(C)c2sc(C(=O)NC(C)C(=O)N3CCC(N)CC3)cc12.Cl. The van der Waals surface area contributed by atoms with E-state index in [1.807, 2.05) is 20.0 Å². The quantitative estimate of drug-likeness (QED) is 0.835. The first-order valence-electron chi connectivity index (χ1n) is 8.15. The maximum atomic E-state index is 12.5. The molecule has 0 spiro atoms. The number of aromatic nitrogens is 2. The van der Waals surface area contributed by atoms with Crippen molar-refractivity contribution in [2.45, 2.75) is 38.8 Å². The van der Waals surface area contributed by atoms with Crippen LogP contribution in [0.25, 0.3) is 10.2 Å². The Kier molecular flexibility index (Phi) is 6.08. The summed E-state index contributed by atoms with van der Waals surface area (Å²) in [5, 5.41) is 8.13. The molecule has 1 atom stereocenters. The van der Waals surface area contributed by atoms with Gasteiger partial charge in [-0.1, -0.05) is 0 Å². The summed E-state index contributed by atoms with van der Waals surface area (Å²) in [5.41, 5.74) is 6.77. The molecule has 2 aromatic heterocycles. The summed E-state index contributed by atoms with van der Waals surface area (Å²) in [7, 11) is 1.86. The minimum Gasteiger partial charge on any atom is -0.341 e. The third-order valence-electron chi connectivity index (χ3n) is 4.49. The third-order valence-corrected chi connectivity index (χ3v) is 5.69. The summed E-state index contributed by atoms with van der Waals surface area (Å²) < 4.78 is 1.78. The van der Waals surface area contributed by atoms with Gasteiger partial charge in [0.1, 0.15) is 10.9 Å². The van der Waals surface area contributed by atoms with Crippen molar-refractivity contribution in [3.05, 3.63) is 16.6 Å². The van der Waals surface area contributed by atoms with E-state index in [1.165, 1.54) is 11.3 Å². The van der Waals surface area contributed by atoms with Gasteiger partial charge in [-0.05, 0) is 32.8 Å². The van der Waals surface area contributed by atoms with Crippen molar-refractivity contribution in [3.63, 3.8) is 0 Å². The molecule has 7 nitrogen and oxygen atoms in total. The summed E-state index contributed by atoms with van der Waals surface area (Å²) in [4.78, 5) is 28.3. The predicted octanol–water partition coefficient (Wildman–Crippen LogP) is 1.43. The Hall–Kier alpha value is -1.64. The van der Waals surface area contributed by atoms with Gasteiger partial charge in [-0.2, -0.15) is 5.10 Å². The highest BCUT2D eigenvalue weighted by atomic mass is 35.5. The summed E-state index contributed by atoms with van der Waals surface area (Å²) in [6.45, 7) is 4.97. The van der Waals surface area contributed by atoms with Gasteiger partial charge in [0, 0.05) is 31.6 Å². The van der Waals surface area contributed by atoms with Crippen LogP contribution in [0.3, 0.4) is 0 Å². The number of piperidine rings is 1. The Labute approximate surface area is 156 Å². The Balaban J connectivity index is 0.00000225. The van der Waals surface area contributed by atoms with E-state index in [-0.39, 0.29) is 30.3 Å². The van der Waals surface area contributed by atoms with Crippen molar-refractivity contribution in [1.29, 1.82) is 0 Å². The Morgan fingerprint density at radius 2 is 2.04 bits per heavy atom. The van der Waals surface area contributed by atoms with E-state index >= 15 is 0 Å². The summed E-state index contributed by atoms with van der Waals surface area (Å²) in [5.74, 6) is -0.264. The molecule has 0 aliphatic carbocycles. The van der Waals surface area contributed by atoms with Crippen LogP contribution >= 0.6 is 23.7 Å². The van der Waals surface area contributed by atoms with Gasteiger partial charge in [0.25, 0.3) is 5.91 Å². The van der Waals surface area contributed by atoms with Gasteiger partial charge in [-0.3, -0.25) is 14.3 Å². The lowest BCUT2D eigenvalue weighted by Gasteiger charge is -2.32. The number of carbonyl (C=O) groups is 2. The normalized spacial score (nSPS) is 16.6. The van der Waals surface area contributed by atoms with Crippen molar-refractivity contribution in [2.24, 2.45) is 12.8 Å². The number of aryl methyl sites for hydroxylation is 2. The first-order chi connectivity index (χ1) is 11.4. The molecule has 0 radical (unpaired) electrons. The fourth-order valence-electron chi connectivity index (χ4n) is 3.04. The van der Waals surface area contributed by atoms with Crippen LogP contribution in [0.4, 0.5) is 0 Å². The molecule has 1 aliphatic heterocycles. The number of hydrogen-bond acceptors (Lipinski definition) is 5. The van der Waals surface area contributed by atoms with Gasteiger partial charge in [-0.15, -0.1) is 23.7 Å². The fourth-order valence-corrected chi connectivity index (χ4v) is 4.07. The number of thiophene rings is 1. The lowest BCUT2D eigenvalue weighted by Crippen LogP contribution is -2.50. The highest BCUT2D eigenvalue weighted by Crippen LogP contribution is 2.27. The minimum absolute atomic E-state index is 0. The second-order valence-electron chi connectivity index (χ2n) is 6.40. The highest BCUT2D eigenvalue weighted by molar-refractivity contribution is 7.20. The van der Waals surface area contributed by atoms with Gasteiger partial charge < -0.3 is 16.0 Å². The number of nitrogens with one attached hydrogen (secondary N) is 1. The van der Waals surface area contributed by atoms with Crippen LogP contribution in [0.2, 0.25) is 0 Å². The van der Waals surface area contributed by atoms with Crippen molar-refractivity contribution in [1.82, 2.24) is 20.0 Å². The molecule has 3 N–H and O–H groups in total. The van der Waals surface area contributed by atoms with Crippen LogP contribution in [0.15, 0.2) is 6.07 Å². The third kappa shape index (κ3) is 3.96. The van der Waals surface area contributed by atoms with Crippen LogP contribution in [0, 0.1) is 6.92 Å². The molecule has 1 unspecified atom stereocenters. The minimum atomic E-state index is -0.545. The van der Waals surface area contributed by atoms with E-state index in [0.29, 0.717) is 18.0 Å². The van der Waals surface area contributed by atoms with Gasteiger partial charge in [0.05, 0.1) is 10.6 Å². The molecule has 0 aromatic carbocycles. The zero-order valence-corrected chi connectivity index (χ0v) is 16.2. The molecule has 2 aromatic rings. The Morgan fingerprint density at radius 1 is 1.40 bits per heavy atom. The van der Waals surface area contributed by atoms with Gasteiger partial charge in [0.15, 0.2) is 0 Å². The average Bonchev–Trinajstić information content (AvgIpc) is 3.09. The van der Waals surface area contributed by atoms with Crippen LogP contribution in [-0.4, -0.2) is 51.7 Å². The lowest BCUT2D eigenvalue weighted by atomic mass is 10.1. The Morgan fingerprint density at radius 3 is 2.64 bits per heavy atom. The molecule has 0 saturated carbocycles. The maximum absolute atomic E-state index is 12.5. The largest absolute Gasteiger partial charge is 0.341 e. The first-order valence-corrected chi connectivity index (χ1v) is 8.97. The van der Waals surface area contributed by atoms with Crippen LogP contribution in [-0.2, 0) is 11.8 Å². The Bertz CT molecular complexity index is 744. The molecule has 9 heteroatoms. The second kappa shape index (κ2) is 7.72. The zero-order chi connectivity index (χ0) is 17.4. The fraction of sp³-hybridized carbons (Fsp3) is 0.562. The number of carbonyl (C=O) groups excluding carboxylic acids is 2. The van der Waals surface area contributed by atoms with Gasteiger partial charge >= 0.3 is 0 Å². The smallest absolute Gasteiger partial charge is 0.262 e. The number of halogens is 1. The molecule has 3 rings (SSSR count). The van der Waals surface area contributed by atoms with E-state index in [1.54, 1.807) is 16.5 Å². The molecule has 25 heavy (non-hydrogen) atoms. The second-order valence-corrected chi connectivity index (χ2v) is 7.43. The molecule has 1 saturated heterocycles. The van der Waals surface area contributed by atoms with E-state index in [2.05, 4.69) is 10.4 Å². The van der Waals surface area contributed by atoms with Crippen LogP contribution in [0.5, 0.6) is 0 Å². The molecule has 138 valence electrons. The first kappa shape index (κ1) is 19.7. The lowest BCUT2D eigenvalue weighted by molar-refractivity contribution is -0.133. The van der Waals surface area contributed by atoms with Crippen molar-refractivity contribution < 1.29 is 9.59 Å². The number of hydrogen-bond donors (Lipinski definition) is 2. The number of nitrogens with two attached hydrogens (primary N) is 1. The number of rotatable bonds is 3. The van der Waals surface area contributed by atoms with E-state index in [0.717, 1.165) is 28.8 Å². The van der Waals surface area contributed by atoms with Crippen molar-refractivity contribution >= 4 is 45.8 Å². The van der Waals surface area contributed by atoms with Crippen LogP contribution in [0.1, 0.15) is 35.1 Å². The molecule has 1 fully saturated rings. The van der Waals surface area contributed by atoms with Crippen molar-refractivity contribution in [2.75, 3.05) is 13.1 Å². The number of amides is 2. The summed E-state index contributed by atoms with van der Waals surface area (Å²) >= 11 is 1.39. The summed E-state index contributed by atoms with van der Waals surface area (Å²) in [6.07, 6.45) is 1.63. The molecular weight excluding hydrogens is 362 g/mol. The maximum Gasteiger partial charge on any atom is 0.262 e. The van der Waals surface area contributed by atoms with Crippen LogP contribution < -0.4 is 11.1 Å². The van der Waals surface area contributed by atoms with E-state index < -0.39 is 6.04 Å². The monoisotopic (exact) mass is 385 g/mol. The average molecular weight is 386 g/mol. The topological polar surface area (TPSA) is 93.2 Å². The van der Waals surface area contributed by atoms with E-state index in [9.17, 15) is 9.59 Å². The standard InChI is InChI=1S/C16H23N5O2S.ClH/c1-9-12-8-13(24-16(12)20(3)19-9)14(22)18-10(2)15(23)21-6-4-11(17)5-7-21;/h8,10-11H,4-7,17H2,1-3H3,(H,18,22);1H. The van der Waals surface area contributed by atoms with Gasteiger partial charge in [0.2, 0.25) is 5.91 Å². The van der Waals surface area contributed by atoms with E-state index in [4.69, 9.17) is 5.73 Å². The number of likely N-dealkylation sites (tertiary alicyclic amines) is 1. The summed E-state index contributed by atoms with van der Waals surface area (Å²) in [6, 6.07) is 1.47. The van der Waals surface area contributed by atoms with Crippen molar-refractivity contribution in [3.8, 4) is 0 Å². The molecule has 3 heterocycles. The molecule has 0 bridgehead atoms. The molecule has 1 aliphatic rings. The zero-order valence-electron chi connectivity index (χ0n) is 14.6. The molecular formula is C16H24ClN5O2S. The number of nitrogens with zero attached hydrogens (tertiary/aromatic N) is 3. The highest BCUT2D eigenvalue weighted by Gasteiger charge is 2.26. The molecule has 2 amide bonds. The predicted molar refractivity (Wildman–Crippen MR) is 101 cm³/mol. The van der Waals surface area contributed by atoms with Gasteiger partial charge in [-0.25, -0.2) is 0 Å². The number of fused-ring (bicyclic) bond motifs is 1.